The van der Waals surface area contributed by atoms with Crippen LogP contribution in [0.25, 0.3) is 11.5 Å². The van der Waals surface area contributed by atoms with E-state index in [1.54, 1.807) is 28.8 Å². The van der Waals surface area contributed by atoms with Gasteiger partial charge in [-0.1, -0.05) is 26.0 Å². The van der Waals surface area contributed by atoms with Crippen LogP contribution in [0.5, 0.6) is 0 Å². The molecule has 1 aromatic carbocycles. The van der Waals surface area contributed by atoms with Gasteiger partial charge in [-0.2, -0.15) is 9.40 Å². The summed E-state index contributed by atoms with van der Waals surface area (Å²) in [5.41, 5.74) is 3.88. The van der Waals surface area contributed by atoms with Gasteiger partial charge in [-0.15, -0.1) is 0 Å². The molecule has 0 radical (unpaired) electrons. The van der Waals surface area contributed by atoms with Crippen molar-refractivity contribution in [3.8, 4) is 11.5 Å². The average Bonchev–Trinajstić information content (AvgIpc) is 3.35. The highest BCUT2D eigenvalue weighted by Gasteiger charge is 2.33. The fraction of sp³-hybridized carbons (Fsp3) is 0.429. The van der Waals surface area contributed by atoms with Crippen LogP contribution in [0, 0.1) is 0 Å². The molecule has 0 aliphatic carbocycles. The number of hydrogen-bond acceptors (Lipinski definition) is 4. The van der Waals surface area contributed by atoms with Crippen molar-refractivity contribution in [2.75, 3.05) is 6.54 Å². The Labute approximate surface area is 171 Å². The Morgan fingerprint density at radius 3 is 2.41 bits per heavy atom. The summed E-state index contributed by atoms with van der Waals surface area (Å²) in [5.74, 6) is 1.03. The van der Waals surface area contributed by atoms with Gasteiger partial charge in [0.05, 0.1) is 4.90 Å². The van der Waals surface area contributed by atoms with Crippen molar-refractivity contribution in [3.05, 3.63) is 53.5 Å². The number of imidazole rings is 1. The summed E-state index contributed by atoms with van der Waals surface area (Å²) in [6.07, 6.45) is 4.07. The lowest BCUT2D eigenvalue weighted by Gasteiger charge is -2.27. The first-order valence-corrected chi connectivity index (χ1v) is 11.4. The lowest BCUT2D eigenvalue weighted by molar-refractivity contribution is 0.378. The predicted molar refractivity (Wildman–Crippen MR) is 112 cm³/mol. The van der Waals surface area contributed by atoms with Gasteiger partial charge in [0.1, 0.15) is 5.69 Å². The maximum Gasteiger partial charge on any atom is 0.243 e. The fourth-order valence-electron chi connectivity index (χ4n) is 3.81. The van der Waals surface area contributed by atoms with E-state index in [0.29, 0.717) is 36.1 Å². The summed E-state index contributed by atoms with van der Waals surface area (Å²) in [5, 5.41) is 4.76. The van der Waals surface area contributed by atoms with Crippen LogP contribution in [0.2, 0.25) is 0 Å². The molecule has 1 aliphatic rings. The van der Waals surface area contributed by atoms with Crippen LogP contribution in [-0.2, 0) is 23.0 Å². The minimum absolute atomic E-state index is 0.194. The summed E-state index contributed by atoms with van der Waals surface area (Å²) in [6.45, 7) is 9.09. The Balaban J connectivity index is 1.71. The quantitative estimate of drug-likeness (QED) is 0.691. The van der Waals surface area contributed by atoms with Crippen LogP contribution in [0.15, 0.2) is 41.6 Å². The number of benzene rings is 1. The number of nitrogens with zero attached hydrogens (tertiary/aromatic N) is 4. The first-order valence-electron chi connectivity index (χ1n) is 9.99. The van der Waals surface area contributed by atoms with Crippen molar-refractivity contribution in [3.63, 3.8) is 0 Å². The fourth-order valence-corrected chi connectivity index (χ4v) is 5.22. The minimum atomic E-state index is -3.58. The van der Waals surface area contributed by atoms with Gasteiger partial charge in [0, 0.05) is 49.2 Å². The normalized spacial score (nSPS) is 15.2. The van der Waals surface area contributed by atoms with Crippen LogP contribution in [-0.4, -0.2) is 39.0 Å². The number of aromatic nitrogens is 4. The van der Waals surface area contributed by atoms with E-state index in [1.165, 1.54) is 0 Å². The highest BCUT2D eigenvalue weighted by atomic mass is 32.2. The predicted octanol–water partition coefficient (Wildman–Crippen LogP) is 3.72. The van der Waals surface area contributed by atoms with Crippen molar-refractivity contribution in [2.24, 2.45) is 0 Å². The van der Waals surface area contributed by atoms with Crippen LogP contribution < -0.4 is 0 Å². The molecule has 3 aromatic rings. The first-order chi connectivity index (χ1) is 13.8. The molecule has 0 unspecified atom stereocenters. The van der Waals surface area contributed by atoms with Gasteiger partial charge in [0.2, 0.25) is 10.0 Å². The van der Waals surface area contributed by atoms with Crippen LogP contribution in [0.3, 0.4) is 0 Å². The number of rotatable bonds is 5. The molecule has 3 heterocycles. The monoisotopic (exact) mass is 413 g/mol. The molecule has 1 aliphatic heterocycles. The molecule has 8 heteroatoms. The van der Waals surface area contributed by atoms with Crippen molar-refractivity contribution in [1.29, 1.82) is 0 Å². The third-order valence-electron chi connectivity index (χ3n) is 5.45. The molecular weight excluding hydrogens is 386 g/mol. The van der Waals surface area contributed by atoms with Crippen LogP contribution in [0.4, 0.5) is 0 Å². The number of hydrogen-bond donors (Lipinski definition) is 1. The SMILES string of the molecule is CC(C)c1ccc(S(=O)(=O)N2CCc3c(c(-c4ncc[nH]4)nn3C(C)C)C2)cc1. The Morgan fingerprint density at radius 2 is 1.83 bits per heavy atom. The minimum Gasteiger partial charge on any atom is -0.343 e. The van der Waals surface area contributed by atoms with Gasteiger partial charge < -0.3 is 4.98 Å². The van der Waals surface area contributed by atoms with Gasteiger partial charge >= 0.3 is 0 Å². The molecular formula is C21H27N5O2S. The van der Waals surface area contributed by atoms with Gasteiger partial charge in [0.25, 0.3) is 0 Å². The van der Waals surface area contributed by atoms with Gasteiger partial charge in [-0.05, 0) is 37.5 Å². The van der Waals surface area contributed by atoms with Crippen molar-refractivity contribution >= 4 is 10.0 Å². The highest BCUT2D eigenvalue weighted by molar-refractivity contribution is 7.89. The summed E-state index contributed by atoms with van der Waals surface area (Å²) in [4.78, 5) is 7.78. The second kappa shape index (κ2) is 7.42. The van der Waals surface area contributed by atoms with Crippen molar-refractivity contribution in [2.45, 2.75) is 57.5 Å². The Hall–Kier alpha value is -2.45. The molecule has 29 heavy (non-hydrogen) atoms. The second-order valence-electron chi connectivity index (χ2n) is 8.06. The molecule has 0 spiro atoms. The standard InChI is InChI=1S/C21H27N5O2S/c1-14(2)16-5-7-17(8-6-16)29(27,28)25-12-9-19-18(13-25)20(21-22-10-11-23-21)24-26(19)15(3)4/h5-8,10-11,14-15H,9,12-13H2,1-4H3,(H,22,23). The molecule has 0 atom stereocenters. The van der Waals surface area contributed by atoms with E-state index in [-0.39, 0.29) is 6.04 Å². The van der Waals surface area contributed by atoms with E-state index in [1.807, 2.05) is 16.8 Å². The number of sulfonamides is 1. The molecule has 0 saturated heterocycles. The molecule has 0 bridgehead atoms. The van der Waals surface area contributed by atoms with Crippen molar-refractivity contribution < 1.29 is 8.42 Å². The van der Waals surface area contributed by atoms with E-state index in [0.717, 1.165) is 22.5 Å². The third kappa shape index (κ3) is 3.51. The molecule has 4 rings (SSSR count). The maximum atomic E-state index is 13.3. The van der Waals surface area contributed by atoms with Gasteiger partial charge in [-0.3, -0.25) is 4.68 Å². The average molecular weight is 414 g/mol. The zero-order valence-electron chi connectivity index (χ0n) is 17.3. The molecule has 0 fully saturated rings. The molecule has 0 saturated carbocycles. The number of aromatic amines is 1. The second-order valence-corrected chi connectivity index (χ2v) is 10.0. The number of fused-ring (bicyclic) bond motifs is 1. The first kappa shape index (κ1) is 19.8. The summed E-state index contributed by atoms with van der Waals surface area (Å²) >= 11 is 0. The smallest absolute Gasteiger partial charge is 0.243 e. The zero-order chi connectivity index (χ0) is 20.8. The summed E-state index contributed by atoms with van der Waals surface area (Å²) in [7, 11) is -3.58. The molecule has 154 valence electrons. The number of H-pyrrole nitrogens is 1. The Kier molecular flexibility index (Phi) is 5.08. The maximum absolute atomic E-state index is 13.3. The number of nitrogens with one attached hydrogen (secondary N) is 1. The van der Waals surface area contributed by atoms with Gasteiger partial charge in [-0.25, -0.2) is 13.4 Å². The topological polar surface area (TPSA) is 83.9 Å². The summed E-state index contributed by atoms with van der Waals surface area (Å²) < 4.78 is 30.1. The lowest BCUT2D eigenvalue weighted by atomic mass is 10.0. The van der Waals surface area contributed by atoms with Gasteiger partial charge in [0.15, 0.2) is 5.82 Å². The lowest BCUT2D eigenvalue weighted by Crippen LogP contribution is -2.36. The van der Waals surface area contributed by atoms with E-state index < -0.39 is 10.0 Å². The third-order valence-corrected chi connectivity index (χ3v) is 7.31. The van der Waals surface area contributed by atoms with Crippen LogP contribution in [0.1, 0.15) is 56.5 Å². The van der Waals surface area contributed by atoms with E-state index >= 15 is 0 Å². The summed E-state index contributed by atoms with van der Waals surface area (Å²) in [6, 6.07) is 7.42. The highest BCUT2D eigenvalue weighted by Crippen LogP contribution is 2.32. The Bertz CT molecular complexity index is 1100. The largest absolute Gasteiger partial charge is 0.343 e. The van der Waals surface area contributed by atoms with Crippen LogP contribution >= 0.6 is 0 Å². The Morgan fingerprint density at radius 1 is 1.10 bits per heavy atom. The molecule has 1 N–H and O–H groups in total. The van der Waals surface area contributed by atoms with E-state index in [4.69, 9.17) is 5.10 Å². The van der Waals surface area contributed by atoms with E-state index in [9.17, 15) is 8.42 Å². The molecule has 0 amide bonds. The molecule has 7 nitrogen and oxygen atoms in total. The van der Waals surface area contributed by atoms with E-state index in [2.05, 4.69) is 37.7 Å². The van der Waals surface area contributed by atoms with Crippen molar-refractivity contribution in [1.82, 2.24) is 24.1 Å². The molecule has 2 aromatic heterocycles. The zero-order valence-corrected chi connectivity index (χ0v) is 18.1.